The summed E-state index contributed by atoms with van der Waals surface area (Å²) in [5.41, 5.74) is 1.43. The maximum Gasteiger partial charge on any atom is 0.258 e. The van der Waals surface area contributed by atoms with E-state index in [0.29, 0.717) is 0 Å². The number of carbonyl (C=O) groups is 1. The van der Waals surface area contributed by atoms with Crippen molar-refractivity contribution in [1.29, 1.82) is 0 Å². The Kier molecular flexibility index (Phi) is 5.45. The normalized spacial score (nSPS) is 15.9. The van der Waals surface area contributed by atoms with Gasteiger partial charge in [-0.15, -0.1) is 0 Å². The molecule has 1 aromatic rings. The maximum atomic E-state index is 12.7. The van der Waals surface area contributed by atoms with Gasteiger partial charge in [0, 0.05) is 12.6 Å². The van der Waals surface area contributed by atoms with Crippen molar-refractivity contribution in [3.63, 3.8) is 0 Å². The second-order valence-corrected chi connectivity index (χ2v) is 7.57. The Hall–Kier alpha value is -1.84. The van der Waals surface area contributed by atoms with Crippen LogP contribution in [-0.4, -0.2) is 47.1 Å². The Morgan fingerprint density at radius 2 is 1.87 bits per heavy atom. The molecule has 1 fully saturated rings. The SMILES string of the molecule is O=C(CN(CC1CCCC1)S(=O)(=O)c1ccc(O)c(O)c1)NO. The van der Waals surface area contributed by atoms with Crippen molar-refractivity contribution in [2.75, 3.05) is 13.1 Å². The largest absolute Gasteiger partial charge is 0.504 e. The molecular weight excluding hydrogens is 324 g/mol. The fourth-order valence-corrected chi connectivity index (χ4v) is 4.23. The van der Waals surface area contributed by atoms with Gasteiger partial charge in [0.1, 0.15) is 0 Å². The molecule has 0 bridgehead atoms. The molecule has 0 aliphatic heterocycles. The molecule has 1 aliphatic carbocycles. The second-order valence-electron chi connectivity index (χ2n) is 5.63. The lowest BCUT2D eigenvalue weighted by molar-refractivity contribution is -0.129. The van der Waals surface area contributed by atoms with Crippen molar-refractivity contribution >= 4 is 15.9 Å². The number of nitrogens with zero attached hydrogens (tertiary/aromatic N) is 1. The molecule has 1 saturated carbocycles. The number of carbonyl (C=O) groups excluding carboxylic acids is 1. The minimum atomic E-state index is -4.04. The zero-order valence-corrected chi connectivity index (χ0v) is 13.3. The summed E-state index contributed by atoms with van der Waals surface area (Å²) in [7, 11) is -4.04. The highest BCUT2D eigenvalue weighted by molar-refractivity contribution is 7.89. The highest BCUT2D eigenvalue weighted by Gasteiger charge is 2.30. The van der Waals surface area contributed by atoms with Crippen LogP contribution in [0.4, 0.5) is 0 Å². The molecule has 4 N–H and O–H groups in total. The van der Waals surface area contributed by atoms with E-state index in [-0.39, 0.29) is 17.4 Å². The van der Waals surface area contributed by atoms with Gasteiger partial charge in [0.05, 0.1) is 11.4 Å². The summed E-state index contributed by atoms with van der Waals surface area (Å²) in [6.07, 6.45) is 3.80. The predicted octanol–water partition coefficient (Wildman–Crippen LogP) is 0.784. The van der Waals surface area contributed by atoms with Gasteiger partial charge >= 0.3 is 0 Å². The standard InChI is InChI=1S/C14H20N2O6S/c17-12-6-5-11(7-13(12)18)23(21,22)16(9-14(19)15-20)8-10-3-1-2-4-10/h5-7,10,17-18,20H,1-4,8-9H2,(H,15,19). The number of phenols is 2. The zero-order chi connectivity index (χ0) is 17.0. The molecule has 23 heavy (non-hydrogen) atoms. The lowest BCUT2D eigenvalue weighted by atomic mass is 10.1. The Morgan fingerprint density at radius 3 is 2.43 bits per heavy atom. The van der Waals surface area contributed by atoms with E-state index < -0.39 is 34.0 Å². The summed E-state index contributed by atoms with van der Waals surface area (Å²) in [6.45, 7) is -0.353. The number of benzene rings is 1. The molecule has 128 valence electrons. The molecule has 0 spiro atoms. The Morgan fingerprint density at radius 1 is 1.22 bits per heavy atom. The molecular formula is C14H20N2O6S. The number of hydroxylamine groups is 1. The average Bonchev–Trinajstić information content (AvgIpc) is 3.02. The molecule has 0 unspecified atom stereocenters. The Balaban J connectivity index is 2.30. The number of phenolic OH excluding ortho intramolecular Hbond substituents is 2. The van der Waals surface area contributed by atoms with Gasteiger partial charge in [-0.3, -0.25) is 10.0 Å². The number of rotatable bonds is 6. The number of hydrogen-bond acceptors (Lipinski definition) is 6. The molecule has 1 amide bonds. The summed E-state index contributed by atoms with van der Waals surface area (Å²) in [5.74, 6) is -1.67. The first kappa shape index (κ1) is 17.5. The molecule has 2 rings (SSSR count). The molecule has 0 heterocycles. The molecule has 9 heteroatoms. The van der Waals surface area contributed by atoms with Crippen molar-refractivity contribution < 1.29 is 28.6 Å². The highest BCUT2D eigenvalue weighted by Crippen LogP contribution is 2.31. The summed E-state index contributed by atoms with van der Waals surface area (Å²) < 4.78 is 26.4. The van der Waals surface area contributed by atoms with E-state index in [9.17, 15) is 23.4 Å². The zero-order valence-electron chi connectivity index (χ0n) is 12.5. The Labute approximate surface area is 134 Å². The van der Waals surface area contributed by atoms with E-state index in [2.05, 4.69) is 0 Å². The van der Waals surface area contributed by atoms with Gasteiger partial charge in [-0.2, -0.15) is 4.31 Å². The maximum absolute atomic E-state index is 12.7. The number of hydrogen-bond donors (Lipinski definition) is 4. The van der Waals surface area contributed by atoms with Gasteiger partial charge in [0.25, 0.3) is 5.91 Å². The van der Waals surface area contributed by atoms with Gasteiger partial charge in [0.15, 0.2) is 11.5 Å². The lowest BCUT2D eigenvalue weighted by Gasteiger charge is -2.24. The van der Waals surface area contributed by atoms with E-state index >= 15 is 0 Å². The molecule has 1 aromatic carbocycles. The van der Waals surface area contributed by atoms with E-state index in [1.807, 2.05) is 0 Å². The molecule has 8 nitrogen and oxygen atoms in total. The van der Waals surface area contributed by atoms with Gasteiger partial charge < -0.3 is 10.2 Å². The first-order valence-corrected chi connectivity index (χ1v) is 8.73. The van der Waals surface area contributed by atoms with Crippen LogP contribution in [0.1, 0.15) is 25.7 Å². The van der Waals surface area contributed by atoms with Crippen LogP contribution in [0.3, 0.4) is 0 Å². The summed E-state index contributed by atoms with van der Waals surface area (Å²) in [6, 6.07) is 3.16. The van der Waals surface area contributed by atoms with Gasteiger partial charge in [-0.1, -0.05) is 12.8 Å². The minimum absolute atomic E-state index is 0.155. The molecule has 0 saturated heterocycles. The van der Waals surface area contributed by atoms with Crippen LogP contribution in [0.2, 0.25) is 0 Å². The van der Waals surface area contributed by atoms with Crippen molar-refractivity contribution in [2.45, 2.75) is 30.6 Å². The van der Waals surface area contributed by atoms with E-state index in [1.165, 1.54) is 5.48 Å². The summed E-state index contributed by atoms with van der Waals surface area (Å²) >= 11 is 0. The average molecular weight is 344 g/mol. The fourth-order valence-electron chi connectivity index (χ4n) is 2.74. The van der Waals surface area contributed by atoms with Gasteiger partial charge in [-0.05, 0) is 30.9 Å². The van der Waals surface area contributed by atoms with Gasteiger partial charge in [-0.25, -0.2) is 13.9 Å². The third-order valence-electron chi connectivity index (χ3n) is 3.97. The van der Waals surface area contributed by atoms with Crippen molar-refractivity contribution in [1.82, 2.24) is 9.79 Å². The number of nitrogens with one attached hydrogen (secondary N) is 1. The monoisotopic (exact) mass is 344 g/mol. The summed E-state index contributed by atoms with van der Waals surface area (Å²) in [4.78, 5) is 11.2. The third-order valence-corrected chi connectivity index (χ3v) is 5.77. The van der Waals surface area contributed by atoms with Crippen molar-refractivity contribution in [3.05, 3.63) is 18.2 Å². The van der Waals surface area contributed by atoms with Gasteiger partial charge in [0.2, 0.25) is 10.0 Å². The van der Waals surface area contributed by atoms with Crippen LogP contribution in [0.25, 0.3) is 0 Å². The first-order chi connectivity index (χ1) is 10.8. The topological polar surface area (TPSA) is 127 Å². The van der Waals surface area contributed by atoms with Crippen molar-refractivity contribution in [3.8, 4) is 11.5 Å². The summed E-state index contributed by atoms with van der Waals surface area (Å²) in [5, 5.41) is 27.5. The van der Waals surface area contributed by atoms with Crippen LogP contribution in [0.15, 0.2) is 23.1 Å². The lowest BCUT2D eigenvalue weighted by Crippen LogP contribution is -2.42. The van der Waals surface area contributed by atoms with E-state index in [0.717, 1.165) is 48.2 Å². The van der Waals surface area contributed by atoms with Crippen LogP contribution < -0.4 is 5.48 Å². The molecule has 0 aromatic heterocycles. The second kappa shape index (κ2) is 7.16. The molecule has 0 atom stereocenters. The highest BCUT2D eigenvalue weighted by atomic mass is 32.2. The van der Waals surface area contributed by atoms with Crippen LogP contribution in [-0.2, 0) is 14.8 Å². The molecule has 1 aliphatic rings. The predicted molar refractivity (Wildman–Crippen MR) is 80.4 cm³/mol. The number of sulfonamides is 1. The van der Waals surface area contributed by atoms with Crippen molar-refractivity contribution in [2.24, 2.45) is 5.92 Å². The van der Waals surface area contributed by atoms with Crippen LogP contribution >= 0.6 is 0 Å². The van der Waals surface area contributed by atoms with E-state index in [1.54, 1.807) is 0 Å². The van der Waals surface area contributed by atoms with Crippen LogP contribution in [0, 0.1) is 5.92 Å². The number of amides is 1. The third kappa shape index (κ3) is 4.12. The minimum Gasteiger partial charge on any atom is -0.504 e. The van der Waals surface area contributed by atoms with E-state index in [4.69, 9.17) is 5.21 Å². The quantitative estimate of drug-likeness (QED) is 0.343. The first-order valence-electron chi connectivity index (χ1n) is 7.29. The molecule has 0 radical (unpaired) electrons. The number of aromatic hydroxyl groups is 2. The smallest absolute Gasteiger partial charge is 0.258 e. The fraction of sp³-hybridized carbons (Fsp3) is 0.500. The Bertz CT molecular complexity index is 670. The van der Waals surface area contributed by atoms with Crippen LogP contribution in [0.5, 0.6) is 11.5 Å².